The fourth-order valence-corrected chi connectivity index (χ4v) is 4.53. The molecule has 1 saturated heterocycles. The number of aliphatic imine (C=N–C) groups is 1. The van der Waals surface area contributed by atoms with Gasteiger partial charge in [0.2, 0.25) is 0 Å². The average Bonchev–Trinajstić information content (AvgIpc) is 3.21. The lowest BCUT2D eigenvalue weighted by atomic mass is 9.98. The minimum atomic E-state index is -3.02. The van der Waals surface area contributed by atoms with Crippen LogP contribution in [0.15, 0.2) is 53.5 Å². The zero-order chi connectivity index (χ0) is 21.6. The van der Waals surface area contributed by atoms with E-state index in [1.807, 2.05) is 36.4 Å². The van der Waals surface area contributed by atoms with E-state index in [1.165, 1.54) is 11.8 Å². The highest BCUT2D eigenvalue weighted by Crippen LogP contribution is 2.28. The number of sulfone groups is 1. The summed E-state index contributed by atoms with van der Waals surface area (Å²) in [5.74, 6) is 2.36. The molecule has 1 N–H and O–H groups in total. The Bertz CT molecular complexity index is 954. The summed E-state index contributed by atoms with van der Waals surface area (Å²) in [6, 6.07) is 16.0. The maximum absolute atomic E-state index is 11.4. The minimum absolute atomic E-state index is 0.0692. The summed E-state index contributed by atoms with van der Waals surface area (Å²) in [6.45, 7) is 5.36. The molecule has 1 aliphatic rings. The Kier molecular flexibility index (Phi) is 7.37. The van der Waals surface area contributed by atoms with Gasteiger partial charge in [-0.2, -0.15) is 0 Å². The number of ether oxygens (including phenoxy) is 1. The minimum Gasteiger partial charge on any atom is -0.497 e. The van der Waals surface area contributed by atoms with Gasteiger partial charge in [-0.1, -0.05) is 36.4 Å². The van der Waals surface area contributed by atoms with E-state index in [-0.39, 0.29) is 5.75 Å². The maximum atomic E-state index is 11.4. The zero-order valence-electron chi connectivity index (χ0n) is 18.0. The number of nitrogens with zero attached hydrogens (tertiary/aromatic N) is 2. The quantitative estimate of drug-likeness (QED) is 0.541. The second kappa shape index (κ2) is 9.98. The monoisotopic (exact) mass is 429 g/mol. The van der Waals surface area contributed by atoms with Crippen LogP contribution in [0.1, 0.15) is 36.0 Å². The SMILES string of the molecule is CCNC(=NCc1ccc(CS(C)(=O)=O)cc1)N1CCC(c2ccc(OC)cc2)C1. The van der Waals surface area contributed by atoms with Gasteiger partial charge < -0.3 is 15.0 Å². The van der Waals surface area contributed by atoms with Gasteiger partial charge in [0.1, 0.15) is 5.75 Å². The highest BCUT2D eigenvalue weighted by Gasteiger charge is 2.26. The van der Waals surface area contributed by atoms with Crippen molar-refractivity contribution in [1.29, 1.82) is 0 Å². The molecule has 0 radical (unpaired) electrons. The number of hydrogen-bond donors (Lipinski definition) is 1. The molecule has 0 bridgehead atoms. The van der Waals surface area contributed by atoms with Gasteiger partial charge >= 0.3 is 0 Å². The first-order valence-corrected chi connectivity index (χ1v) is 12.4. The van der Waals surface area contributed by atoms with Crippen LogP contribution in [0.3, 0.4) is 0 Å². The Hall–Kier alpha value is -2.54. The van der Waals surface area contributed by atoms with E-state index in [1.54, 1.807) is 7.11 Å². The van der Waals surface area contributed by atoms with Crippen molar-refractivity contribution in [1.82, 2.24) is 10.2 Å². The molecule has 30 heavy (non-hydrogen) atoms. The van der Waals surface area contributed by atoms with Gasteiger partial charge in [-0.15, -0.1) is 0 Å². The Morgan fingerprint density at radius 2 is 1.80 bits per heavy atom. The topological polar surface area (TPSA) is 71.0 Å². The molecule has 0 aromatic heterocycles. The van der Waals surface area contributed by atoms with Crippen LogP contribution in [0.25, 0.3) is 0 Å². The molecule has 3 rings (SSSR count). The Morgan fingerprint density at radius 1 is 1.13 bits per heavy atom. The number of guanidine groups is 1. The first-order chi connectivity index (χ1) is 14.4. The predicted octanol–water partition coefficient (Wildman–Crippen LogP) is 3.19. The first-order valence-electron chi connectivity index (χ1n) is 10.3. The summed E-state index contributed by atoms with van der Waals surface area (Å²) < 4.78 is 28.1. The van der Waals surface area contributed by atoms with E-state index < -0.39 is 9.84 Å². The highest BCUT2D eigenvalue weighted by atomic mass is 32.2. The molecule has 1 atom stereocenters. The molecule has 2 aromatic rings. The Labute approximate surface area is 179 Å². The van der Waals surface area contributed by atoms with Gasteiger partial charge in [-0.05, 0) is 42.2 Å². The van der Waals surface area contributed by atoms with E-state index >= 15 is 0 Å². The van der Waals surface area contributed by atoms with Crippen molar-refractivity contribution in [3.05, 3.63) is 65.2 Å². The molecule has 0 aliphatic carbocycles. The molecule has 1 unspecified atom stereocenters. The fourth-order valence-electron chi connectivity index (χ4n) is 3.74. The summed E-state index contributed by atoms with van der Waals surface area (Å²) in [7, 11) is -1.33. The number of methoxy groups -OCH3 is 1. The third-order valence-electron chi connectivity index (χ3n) is 5.27. The number of benzene rings is 2. The molecule has 1 aliphatic heterocycles. The van der Waals surface area contributed by atoms with Gasteiger partial charge in [0, 0.05) is 31.8 Å². The van der Waals surface area contributed by atoms with Crippen molar-refractivity contribution in [2.45, 2.75) is 31.6 Å². The zero-order valence-corrected chi connectivity index (χ0v) is 18.8. The van der Waals surface area contributed by atoms with Gasteiger partial charge in [0.15, 0.2) is 15.8 Å². The van der Waals surface area contributed by atoms with Crippen LogP contribution in [-0.2, 0) is 22.1 Å². The molecule has 7 heteroatoms. The van der Waals surface area contributed by atoms with Gasteiger partial charge in [-0.25, -0.2) is 13.4 Å². The van der Waals surface area contributed by atoms with Crippen LogP contribution in [0.2, 0.25) is 0 Å². The van der Waals surface area contributed by atoms with E-state index in [0.717, 1.165) is 48.9 Å². The molecule has 162 valence electrons. The molecule has 2 aromatic carbocycles. The predicted molar refractivity (Wildman–Crippen MR) is 122 cm³/mol. The first kappa shape index (κ1) is 22.2. The van der Waals surface area contributed by atoms with E-state index in [9.17, 15) is 8.42 Å². The lowest BCUT2D eigenvalue weighted by Crippen LogP contribution is -2.40. The van der Waals surface area contributed by atoms with E-state index in [2.05, 4.69) is 29.3 Å². The van der Waals surface area contributed by atoms with Crippen LogP contribution in [-0.4, -0.2) is 52.3 Å². The van der Waals surface area contributed by atoms with Crippen LogP contribution in [0.5, 0.6) is 5.75 Å². The highest BCUT2D eigenvalue weighted by molar-refractivity contribution is 7.89. The number of rotatable bonds is 7. The normalized spacial score (nSPS) is 17.2. The molecule has 0 saturated carbocycles. The van der Waals surface area contributed by atoms with E-state index in [4.69, 9.17) is 9.73 Å². The maximum Gasteiger partial charge on any atom is 0.194 e. The van der Waals surface area contributed by atoms with Gasteiger partial charge in [0.05, 0.1) is 19.4 Å². The summed E-state index contributed by atoms with van der Waals surface area (Å²) in [4.78, 5) is 7.13. The van der Waals surface area contributed by atoms with Crippen molar-refractivity contribution < 1.29 is 13.2 Å². The van der Waals surface area contributed by atoms with Crippen LogP contribution < -0.4 is 10.1 Å². The molecule has 1 heterocycles. The molecular weight excluding hydrogens is 398 g/mol. The number of hydrogen-bond acceptors (Lipinski definition) is 4. The van der Waals surface area contributed by atoms with Crippen LogP contribution in [0.4, 0.5) is 0 Å². The lowest BCUT2D eigenvalue weighted by molar-refractivity contribution is 0.414. The van der Waals surface area contributed by atoms with Crippen molar-refractivity contribution in [3.63, 3.8) is 0 Å². The Morgan fingerprint density at radius 3 is 2.40 bits per heavy atom. The summed E-state index contributed by atoms with van der Waals surface area (Å²) in [6.07, 6.45) is 2.35. The molecule has 0 spiro atoms. The third kappa shape index (κ3) is 6.23. The average molecular weight is 430 g/mol. The van der Waals surface area contributed by atoms with Crippen LogP contribution in [0, 0.1) is 0 Å². The second-order valence-electron chi connectivity index (χ2n) is 7.76. The molecule has 0 amide bonds. The molecule has 1 fully saturated rings. The fraction of sp³-hybridized carbons (Fsp3) is 0.435. The standard InChI is InChI=1S/C23H31N3O3S/c1-4-24-23(25-15-18-5-7-19(8-6-18)17-30(3,27)28)26-14-13-21(16-26)20-9-11-22(29-2)12-10-20/h5-12,21H,4,13-17H2,1-3H3,(H,24,25). The van der Waals surface area contributed by atoms with E-state index in [0.29, 0.717) is 12.5 Å². The number of likely N-dealkylation sites (tertiary alicyclic amines) is 1. The lowest BCUT2D eigenvalue weighted by Gasteiger charge is -2.22. The second-order valence-corrected chi connectivity index (χ2v) is 9.90. The van der Waals surface area contributed by atoms with Crippen molar-refractivity contribution in [3.8, 4) is 5.75 Å². The summed E-state index contributed by atoms with van der Waals surface area (Å²) >= 11 is 0. The van der Waals surface area contributed by atoms with Gasteiger partial charge in [-0.3, -0.25) is 0 Å². The Balaban J connectivity index is 1.64. The smallest absolute Gasteiger partial charge is 0.194 e. The molecular formula is C23H31N3O3S. The largest absolute Gasteiger partial charge is 0.497 e. The van der Waals surface area contributed by atoms with Crippen molar-refractivity contribution in [2.24, 2.45) is 4.99 Å². The summed E-state index contributed by atoms with van der Waals surface area (Å²) in [5, 5.41) is 3.40. The number of nitrogens with one attached hydrogen (secondary N) is 1. The van der Waals surface area contributed by atoms with Gasteiger partial charge in [0.25, 0.3) is 0 Å². The van der Waals surface area contributed by atoms with Crippen molar-refractivity contribution >= 4 is 15.8 Å². The van der Waals surface area contributed by atoms with Crippen molar-refractivity contribution in [2.75, 3.05) is 33.0 Å². The molecule has 6 nitrogen and oxygen atoms in total. The van der Waals surface area contributed by atoms with Crippen LogP contribution >= 0.6 is 0 Å². The summed E-state index contributed by atoms with van der Waals surface area (Å²) in [5.41, 5.74) is 3.20. The third-order valence-corrected chi connectivity index (χ3v) is 6.13.